The molecule has 126 valence electrons. The van der Waals surface area contributed by atoms with E-state index in [1.807, 2.05) is 0 Å². The second-order valence-corrected chi connectivity index (χ2v) is 6.67. The van der Waals surface area contributed by atoms with E-state index in [0.717, 1.165) is 25.7 Å². The number of carbonyl (C=O) groups excluding carboxylic acids is 2. The fraction of sp³-hybridized carbons (Fsp3) is 0.529. The van der Waals surface area contributed by atoms with Crippen LogP contribution in [0, 0.1) is 5.92 Å². The molecular weight excluding hydrogens is 339 g/mol. The van der Waals surface area contributed by atoms with Crippen molar-refractivity contribution in [2.45, 2.75) is 43.9 Å². The minimum Gasteiger partial charge on any atom is -0.465 e. The van der Waals surface area contributed by atoms with Crippen LogP contribution in [0.25, 0.3) is 0 Å². The summed E-state index contributed by atoms with van der Waals surface area (Å²) in [6, 6.07) is 6.55. The van der Waals surface area contributed by atoms with Crippen LogP contribution in [0.15, 0.2) is 24.3 Å². The monoisotopic (exact) mass is 358 g/mol. The Balaban J connectivity index is 1.66. The highest BCUT2D eigenvalue weighted by atomic mass is 35.5. The first-order valence-corrected chi connectivity index (χ1v) is 8.62. The van der Waals surface area contributed by atoms with Gasteiger partial charge in [0.1, 0.15) is 5.75 Å². The highest BCUT2D eigenvalue weighted by molar-refractivity contribution is 6.30. The maximum atomic E-state index is 11.7. The van der Waals surface area contributed by atoms with Gasteiger partial charge in [-0.2, -0.15) is 0 Å². The Morgan fingerprint density at radius 2 is 1.87 bits per heavy atom. The lowest BCUT2D eigenvalue weighted by Gasteiger charge is -2.26. The number of esters is 2. The third-order valence-electron chi connectivity index (χ3n) is 3.84. The molecular formula is C17H20Cl2O4. The van der Waals surface area contributed by atoms with Gasteiger partial charge in [-0.15, -0.1) is 11.6 Å². The number of hydrogen-bond donors (Lipinski definition) is 0. The normalized spacial score (nSPS) is 20.8. The number of ether oxygens (including phenoxy) is 2. The lowest BCUT2D eigenvalue weighted by Crippen LogP contribution is -2.26. The zero-order valence-electron chi connectivity index (χ0n) is 12.8. The SMILES string of the molecule is O=C(CCC(=O)Oc1cccc(Cl)c1)OCC1CCCCC1Cl. The maximum absolute atomic E-state index is 11.7. The molecule has 1 aromatic rings. The van der Waals surface area contributed by atoms with Gasteiger partial charge in [0.05, 0.1) is 19.4 Å². The molecule has 1 aliphatic carbocycles. The molecule has 2 rings (SSSR count). The van der Waals surface area contributed by atoms with E-state index in [2.05, 4.69) is 0 Å². The summed E-state index contributed by atoms with van der Waals surface area (Å²) in [5, 5.41) is 0.558. The molecule has 0 N–H and O–H groups in total. The van der Waals surface area contributed by atoms with Gasteiger partial charge in [-0.3, -0.25) is 9.59 Å². The zero-order chi connectivity index (χ0) is 16.7. The molecule has 0 bridgehead atoms. The molecule has 1 saturated carbocycles. The Labute approximate surface area is 146 Å². The number of hydrogen-bond acceptors (Lipinski definition) is 4. The second-order valence-electron chi connectivity index (χ2n) is 5.67. The molecule has 4 nitrogen and oxygen atoms in total. The van der Waals surface area contributed by atoms with Crippen molar-refractivity contribution in [2.75, 3.05) is 6.61 Å². The lowest BCUT2D eigenvalue weighted by atomic mass is 9.89. The topological polar surface area (TPSA) is 52.6 Å². The molecule has 0 spiro atoms. The fourth-order valence-electron chi connectivity index (χ4n) is 2.54. The van der Waals surface area contributed by atoms with Crippen LogP contribution in [0.4, 0.5) is 0 Å². The largest absolute Gasteiger partial charge is 0.465 e. The highest BCUT2D eigenvalue weighted by Gasteiger charge is 2.24. The molecule has 0 amide bonds. The summed E-state index contributed by atoms with van der Waals surface area (Å²) in [5.41, 5.74) is 0. The van der Waals surface area contributed by atoms with E-state index >= 15 is 0 Å². The summed E-state index contributed by atoms with van der Waals surface area (Å²) in [5.74, 6) is -0.310. The Hall–Kier alpha value is -1.26. The fourth-order valence-corrected chi connectivity index (χ4v) is 3.07. The van der Waals surface area contributed by atoms with Crippen LogP contribution in [0.2, 0.25) is 5.02 Å². The van der Waals surface area contributed by atoms with Crippen LogP contribution in [-0.4, -0.2) is 23.9 Å². The number of benzene rings is 1. The Morgan fingerprint density at radius 3 is 2.61 bits per heavy atom. The molecule has 23 heavy (non-hydrogen) atoms. The lowest BCUT2D eigenvalue weighted by molar-refractivity contribution is -0.148. The van der Waals surface area contributed by atoms with Crippen molar-refractivity contribution in [3.05, 3.63) is 29.3 Å². The minimum atomic E-state index is -0.489. The Bertz CT molecular complexity index is 547. The van der Waals surface area contributed by atoms with Crippen LogP contribution in [0.1, 0.15) is 38.5 Å². The molecule has 0 aromatic heterocycles. The van der Waals surface area contributed by atoms with Gasteiger partial charge >= 0.3 is 11.9 Å². The van der Waals surface area contributed by atoms with E-state index in [4.69, 9.17) is 32.7 Å². The van der Waals surface area contributed by atoms with E-state index in [1.54, 1.807) is 24.3 Å². The molecule has 0 saturated heterocycles. The molecule has 6 heteroatoms. The molecule has 0 aliphatic heterocycles. The second kappa shape index (κ2) is 9.14. The molecule has 2 unspecified atom stereocenters. The third kappa shape index (κ3) is 6.40. The van der Waals surface area contributed by atoms with E-state index in [0.29, 0.717) is 17.4 Å². The average molecular weight is 359 g/mol. The highest BCUT2D eigenvalue weighted by Crippen LogP contribution is 2.28. The quantitative estimate of drug-likeness (QED) is 0.430. The minimum absolute atomic E-state index is 0.000921. The van der Waals surface area contributed by atoms with Gasteiger partial charge in [-0.1, -0.05) is 30.5 Å². The maximum Gasteiger partial charge on any atom is 0.311 e. The van der Waals surface area contributed by atoms with E-state index in [-0.39, 0.29) is 24.1 Å². The van der Waals surface area contributed by atoms with E-state index < -0.39 is 11.9 Å². The summed E-state index contributed by atoms with van der Waals surface area (Å²) in [4.78, 5) is 23.4. The number of rotatable bonds is 6. The first-order chi connectivity index (χ1) is 11.0. The molecule has 1 fully saturated rings. The predicted octanol–water partition coefficient (Wildman–Crippen LogP) is 4.37. The number of alkyl halides is 1. The van der Waals surface area contributed by atoms with Gasteiger partial charge in [-0.05, 0) is 31.0 Å². The number of halogens is 2. The molecule has 2 atom stereocenters. The van der Waals surface area contributed by atoms with Gasteiger partial charge in [0.15, 0.2) is 0 Å². The van der Waals surface area contributed by atoms with Crippen molar-refractivity contribution in [1.29, 1.82) is 0 Å². The smallest absolute Gasteiger partial charge is 0.311 e. The molecule has 1 aliphatic rings. The average Bonchev–Trinajstić information content (AvgIpc) is 2.52. The van der Waals surface area contributed by atoms with Gasteiger partial charge < -0.3 is 9.47 Å². The van der Waals surface area contributed by atoms with Crippen LogP contribution >= 0.6 is 23.2 Å². The van der Waals surface area contributed by atoms with Crippen molar-refractivity contribution in [2.24, 2.45) is 5.92 Å². The zero-order valence-corrected chi connectivity index (χ0v) is 14.3. The first kappa shape index (κ1) is 18.1. The van der Waals surface area contributed by atoms with Crippen molar-refractivity contribution in [1.82, 2.24) is 0 Å². The van der Waals surface area contributed by atoms with Gasteiger partial charge in [0.2, 0.25) is 0 Å². The van der Waals surface area contributed by atoms with Gasteiger partial charge in [-0.25, -0.2) is 0 Å². The summed E-state index contributed by atoms with van der Waals surface area (Å²) in [6.45, 7) is 0.330. The first-order valence-electron chi connectivity index (χ1n) is 7.80. The van der Waals surface area contributed by atoms with Gasteiger partial charge in [0.25, 0.3) is 0 Å². The van der Waals surface area contributed by atoms with Crippen LogP contribution in [-0.2, 0) is 14.3 Å². The van der Waals surface area contributed by atoms with E-state index in [1.165, 1.54) is 0 Å². The predicted molar refractivity (Wildman–Crippen MR) is 88.9 cm³/mol. The van der Waals surface area contributed by atoms with Gasteiger partial charge in [0, 0.05) is 16.3 Å². The Morgan fingerprint density at radius 1 is 1.13 bits per heavy atom. The summed E-state index contributed by atoms with van der Waals surface area (Å²) in [7, 11) is 0. The molecule has 1 aromatic carbocycles. The standard InChI is InChI=1S/C17H20Cl2O4/c18-13-5-3-6-14(10-13)23-17(21)9-8-16(20)22-11-12-4-1-2-7-15(12)19/h3,5-6,10,12,15H,1-2,4,7-9,11H2. The molecule has 0 radical (unpaired) electrons. The van der Waals surface area contributed by atoms with Crippen LogP contribution in [0.5, 0.6) is 5.75 Å². The molecule has 0 heterocycles. The van der Waals surface area contributed by atoms with Crippen LogP contribution < -0.4 is 4.74 Å². The summed E-state index contributed by atoms with van der Waals surface area (Å²) >= 11 is 12.0. The van der Waals surface area contributed by atoms with Crippen molar-refractivity contribution >= 4 is 35.1 Å². The summed E-state index contributed by atoms with van der Waals surface area (Å²) in [6.07, 6.45) is 4.18. The third-order valence-corrected chi connectivity index (χ3v) is 4.65. The van der Waals surface area contributed by atoms with Crippen LogP contribution in [0.3, 0.4) is 0 Å². The summed E-state index contributed by atoms with van der Waals surface area (Å²) < 4.78 is 10.3. The van der Waals surface area contributed by atoms with Crippen molar-refractivity contribution in [3.63, 3.8) is 0 Å². The van der Waals surface area contributed by atoms with E-state index in [9.17, 15) is 9.59 Å². The van der Waals surface area contributed by atoms with Crippen molar-refractivity contribution in [3.8, 4) is 5.75 Å². The Kier molecular flexibility index (Phi) is 7.18. The number of carbonyl (C=O) groups is 2. The van der Waals surface area contributed by atoms with Crippen molar-refractivity contribution < 1.29 is 19.1 Å².